The molecular weight excluding hydrogens is 240 g/mol. The fourth-order valence-electron chi connectivity index (χ4n) is 1.80. The molecule has 1 aromatic heterocycles. The van der Waals surface area contributed by atoms with Gasteiger partial charge in [-0.1, -0.05) is 24.3 Å². The van der Waals surface area contributed by atoms with E-state index in [2.05, 4.69) is 10.3 Å². The molecule has 98 valence electrons. The van der Waals surface area contributed by atoms with Gasteiger partial charge in [-0.2, -0.15) is 0 Å². The second-order valence-corrected chi connectivity index (χ2v) is 4.22. The van der Waals surface area contributed by atoms with Crippen LogP contribution in [0.1, 0.15) is 17.5 Å². The molecule has 0 fully saturated rings. The largest absolute Gasteiger partial charge is 0.392 e. The van der Waals surface area contributed by atoms with E-state index in [0.29, 0.717) is 18.5 Å². The van der Waals surface area contributed by atoms with Crippen molar-refractivity contribution in [2.45, 2.75) is 19.4 Å². The Hall–Kier alpha value is -2.20. The van der Waals surface area contributed by atoms with Crippen molar-refractivity contribution in [2.24, 2.45) is 0 Å². The minimum absolute atomic E-state index is 0.0650. The van der Waals surface area contributed by atoms with Gasteiger partial charge in [-0.05, 0) is 24.1 Å². The Labute approximate surface area is 112 Å². The normalized spacial score (nSPS) is 10.2. The number of carbonyl (C=O) groups is 1. The third-order valence-corrected chi connectivity index (χ3v) is 2.83. The lowest BCUT2D eigenvalue weighted by Crippen LogP contribution is -2.13. The molecule has 0 unspecified atom stereocenters. The third kappa shape index (κ3) is 3.89. The Kier molecular flexibility index (Phi) is 4.64. The Bertz CT molecular complexity index is 541. The van der Waals surface area contributed by atoms with Crippen LogP contribution in [0.3, 0.4) is 0 Å². The van der Waals surface area contributed by atoms with E-state index in [-0.39, 0.29) is 12.5 Å². The Morgan fingerprint density at radius 3 is 2.79 bits per heavy atom. The summed E-state index contributed by atoms with van der Waals surface area (Å²) >= 11 is 0. The van der Waals surface area contributed by atoms with Gasteiger partial charge in [0.15, 0.2) is 0 Å². The van der Waals surface area contributed by atoms with Gasteiger partial charge in [0.2, 0.25) is 5.91 Å². The molecule has 0 aliphatic carbocycles. The van der Waals surface area contributed by atoms with Crippen molar-refractivity contribution in [1.29, 1.82) is 0 Å². The van der Waals surface area contributed by atoms with Crippen molar-refractivity contribution < 1.29 is 9.90 Å². The van der Waals surface area contributed by atoms with Gasteiger partial charge >= 0.3 is 0 Å². The van der Waals surface area contributed by atoms with Crippen LogP contribution in [0.5, 0.6) is 0 Å². The first kappa shape index (κ1) is 13.2. The molecule has 19 heavy (non-hydrogen) atoms. The molecule has 0 bridgehead atoms. The number of aryl methyl sites for hydroxylation is 1. The van der Waals surface area contributed by atoms with Crippen LogP contribution in [-0.2, 0) is 17.8 Å². The molecule has 0 saturated carbocycles. The summed E-state index contributed by atoms with van der Waals surface area (Å²) in [7, 11) is 0. The maximum Gasteiger partial charge on any atom is 0.224 e. The summed E-state index contributed by atoms with van der Waals surface area (Å²) in [6.45, 7) is -0.0843. The van der Waals surface area contributed by atoms with Crippen molar-refractivity contribution >= 4 is 11.6 Å². The Morgan fingerprint density at radius 2 is 2.05 bits per heavy atom. The average Bonchev–Trinajstić information content (AvgIpc) is 2.47. The fourth-order valence-corrected chi connectivity index (χ4v) is 1.80. The number of nitrogens with one attached hydrogen (secondary N) is 1. The number of anilines is 1. The topological polar surface area (TPSA) is 62.2 Å². The number of pyridine rings is 1. The monoisotopic (exact) mass is 256 g/mol. The molecule has 2 aromatic rings. The predicted molar refractivity (Wildman–Crippen MR) is 73.6 cm³/mol. The summed E-state index contributed by atoms with van der Waals surface area (Å²) in [5.74, 6) is -0.0650. The highest BCUT2D eigenvalue weighted by atomic mass is 16.3. The zero-order valence-corrected chi connectivity index (χ0v) is 10.5. The summed E-state index contributed by atoms with van der Waals surface area (Å²) in [5.41, 5.74) is 2.42. The summed E-state index contributed by atoms with van der Waals surface area (Å²) in [5, 5.41) is 12.0. The number of rotatable bonds is 5. The fraction of sp³-hybridized carbons (Fsp3) is 0.200. The zero-order chi connectivity index (χ0) is 13.5. The second kappa shape index (κ2) is 6.66. The van der Waals surface area contributed by atoms with E-state index >= 15 is 0 Å². The van der Waals surface area contributed by atoms with Crippen molar-refractivity contribution in [3.8, 4) is 0 Å². The van der Waals surface area contributed by atoms with Crippen LogP contribution in [0, 0.1) is 0 Å². The Balaban J connectivity index is 1.91. The van der Waals surface area contributed by atoms with Crippen LogP contribution in [0.4, 0.5) is 5.69 Å². The molecule has 4 heteroatoms. The predicted octanol–water partition coefficient (Wildman–Crippen LogP) is 2.15. The van der Waals surface area contributed by atoms with Crippen LogP contribution in [0.15, 0.2) is 48.8 Å². The van der Waals surface area contributed by atoms with Gasteiger partial charge in [-0.25, -0.2) is 0 Å². The van der Waals surface area contributed by atoms with E-state index < -0.39 is 0 Å². The molecule has 2 rings (SSSR count). The second-order valence-electron chi connectivity index (χ2n) is 4.22. The SMILES string of the molecule is O=C(CCc1cccnc1)Nc1ccccc1CO. The van der Waals surface area contributed by atoms with Crippen molar-refractivity contribution in [3.63, 3.8) is 0 Å². The lowest BCUT2D eigenvalue weighted by molar-refractivity contribution is -0.116. The number of aromatic nitrogens is 1. The maximum atomic E-state index is 11.8. The van der Waals surface area contributed by atoms with E-state index in [1.165, 1.54) is 0 Å². The molecule has 2 N–H and O–H groups in total. The molecular formula is C15H16N2O2. The van der Waals surface area contributed by atoms with E-state index in [4.69, 9.17) is 0 Å². The first-order valence-corrected chi connectivity index (χ1v) is 6.17. The molecule has 0 spiro atoms. The maximum absolute atomic E-state index is 11.8. The number of hydrogen-bond acceptors (Lipinski definition) is 3. The van der Waals surface area contributed by atoms with Crippen LogP contribution >= 0.6 is 0 Å². The lowest BCUT2D eigenvalue weighted by atomic mass is 10.1. The van der Waals surface area contributed by atoms with Crippen LogP contribution in [0.2, 0.25) is 0 Å². The molecule has 1 amide bonds. The molecule has 4 nitrogen and oxygen atoms in total. The van der Waals surface area contributed by atoms with Gasteiger partial charge in [-0.15, -0.1) is 0 Å². The molecule has 0 saturated heterocycles. The van der Waals surface area contributed by atoms with Crippen LogP contribution < -0.4 is 5.32 Å². The van der Waals surface area contributed by atoms with Gasteiger partial charge in [-0.3, -0.25) is 9.78 Å². The van der Waals surface area contributed by atoms with E-state index in [1.54, 1.807) is 24.5 Å². The molecule has 0 radical (unpaired) electrons. The highest BCUT2D eigenvalue weighted by Gasteiger charge is 2.06. The van der Waals surface area contributed by atoms with Crippen molar-refractivity contribution in [1.82, 2.24) is 4.98 Å². The minimum Gasteiger partial charge on any atom is -0.392 e. The first-order chi connectivity index (χ1) is 9.29. The number of hydrogen-bond donors (Lipinski definition) is 2. The number of amides is 1. The zero-order valence-electron chi connectivity index (χ0n) is 10.5. The van der Waals surface area contributed by atoms with E-state index in [0.717, 1.165) is 11.1 Å². The average molecular weight is 256 g/mol. The number of para-hydroxylation sites is 1. The number of carbonyl (C=O) groups excluding carboxylic acids is 1. The molecule has 1 heterocycles. The quantitative estimate of drug-likeness (QED) is 0.861. The summed E-state index contributed by atoms with van der Waals surface area (Å²) in [6, 6.07) is 11.0. The van der Waals surface area contributed by atoms with Gasteiger partial charge in [0.05, 0.1) is 6.61 Å². The van der Waals surface area contributed by atoms with Gasteiger partial charge < -0.3 is 10.4 Å². The lowest BCUT2D eigenvalue weighted by Gasteiger charge is -2.09. The van der Waals surface area contributed by atoms with E-state index in [1.807, 2.05) is 24.3 Å². The standard InChI is InChI=1S/C15H16N2O2/c18-11-13-5-1-2-6-14(13)17-15(19)8-7-12-4-3-9-16-10-12/h1-6,9-10,18H,7-8,11H2,(H,17,19). The van der Waals surface area contributed by atoms with E-state index in [9.17, 15) is 9.90 Å². The molecule has 1 aromatic carbocycles. The summed E-state index contributed by atoms with van der Waals surface area (Å²) in [4.78, 5) is 15.9. The number of nitrogens with zero attached hydrogens (tertiary/aromatic N) is 1. The molecule has 0 aliphatic rings. The van der Waals surface area contributed by atoms with Crippen LogP contribution in [-0.4, -0.2) is 16.0 Å². The van der Waals surface area contributed by atoms with Gasteiger partial charge in [0.1, 0.15) is 0 Å². The number of aliphatic hydroxyl groups is 1. The number of benzene rings is 1. The number of aliphatic hydroxyl groups excluding tert-OH is 1. The smallest absolute Gasteiger partial charge is 0.224 e. The highest BCUT2D eigenvalue weighted by Crippen LogP contribution is 2.15. The van der Waals surface area contributed by atoms with Crippen molar-refractivity contribution in [2.75, 3.05) is 5.32 Å². The van der Waals surface area contributed by atoms with Crippen molar-refractivity contribution in [3.05, 3.63) is 59.9 Å². The van der Waals surface area contributed by atoms with Gasteiger partial charge in [0, 0.05) is 30.1 Å². The minimum atomic E-state index is -0.0843. The van der Waals surface area contributed by atoms with Crippen LogP contribution in [0.25, 0.3) is 0 Å². The molecule has 0 aliphatic heterocycles. The molecule has 0 atom stereocenters. The summed E-state index contributed by atoms with van der Waals surface area (Å²) < 4.78 is 0. The highest BCUT2D eigenvalue weighted by molar-refractivity contribution is 5.91. The third-order valence-electron chi connectivity index (χ3n) is 2.83. The Morgan fingerprint density at radius 1 is 1.21 bits per heavy atom. The first-order valence-electron chi connectivity index (χ1n) is 6.17. The summed E-state index contributed by atoms with van der Waals surface area (Å²) in [6.07, 6.45) is 4.52. The van der Waals surface area contributed by atoms with Gasteiger partial charge in [0.25, 0.3) is 0 Å².